The molecule has 31 heavy (non-hydrogen) atoms. The number of anilines is 1. The third-order valence-electron chi connectivity index (χ3n) is 4.61. The fourth-order valence-corrected chi connectivity index (χ4v) is 3.13. The second kappa shape index (κ2) is 8.62. The summed E-state index contributed by atoms with van der Waals surface area (Å²) in [7, 11) is 1.16. The molecule has 0 radical (unpaired) electrons. The molecule has 158 valence electrons. The van der Waals surface area contributed by atoms with E-state index < -0.39 is 17.8 Å². The maximum Gasteiger partial charge on any atom is 0.353 e. The van der Waals surface area contributed by atoms with E-state index >= 15 is 0 Å². The minimum atomic E-state index is -0.798. The predicted molar refractivity (Wildman–Crippen MR) is 112 cm³/mol. The lowest BCUT2D eigenvalue weighted by Gasteiger charge is -2.18. The topological polar surface area (TPSA) is 118 Å². The molecule has 0 bridgehead atoms. The first-order chi connectivity index (χ1) is 14.7. The summed E-state index contributed by atoms with van der Waals surface area (Å²) in [5, 5.41) is 4.92. The maximum atomic E-state index is 12.9. The van der Waals surface area contributed by atoms with Crippen LogP contribution in [0.4, 0.5) is 5.69 Å². The molecule has 3 rings (SSSR count). The number of nitrogens with zero attached hydrogens (tertiary/aromatic N) is 2. The van der Waals surface area contributed by atoms with Gasteiger partial charge in [-0.25, -0.2) is 4.79 Å². The number of amides is 3. The van der Waals surface area contributed by atoms with Gasteiger partial charge in [-0.05, 0) is 23.8 Å². The molecule has 2 N–H and O–H groups in total. The molecule has 0 atom stereocenters. The van der Waals surface area contributed by atoms with Gasteiger partial charge in [-0.2, -0.15) is 0 Å². The Morgan fingerprint density at radius 2 is 1.84 bits per heavy atom. The largest absolute Gasteiger partial charge is 0.464 e. The Morgan fingerprint density at radius 3 is 2.45 bits per heavy atom. The van der Waals surface area contributed by atoms with Crippen LogP contribution in [0.25, 0.3) is 11.3 Å². The molecule has 1 aromatic carbocycles. The number of hydrogen-bond donors (Lipinski definition) is 2. The zero-order valence-electron chi connectivity index (χ0n) is 17.0. The third kappa shape index (κ3) is 4.35. The fourth-order valence-electron chi connectivity index (χ4n) is 3.13. The average Bonchev–Trinajstić information content (AvgIpc) is 3.09. The molecule has 0 unspecified atom stereocenters. The number of fused-ring (bicyclic) bond motifs is 1. The quantitative estimate of drug-likeness (QED) is 0.545. The number of aromatic nitrogens is 1. The maximum absolute atomic E-state index is 12.9. The van der Waals surface area contributed by atoms with Gasteiger partial charge in [0, 0.05) is 18.1 Å². The Morgan fingerprint density at radius 1 is 1.13 bits per heavy atom. The Balaban J connectivity index is 1.83. The minimum Gasteiger partial charge on any atom is -0.464 e. The highest BCUT2D eigenvalue weighted by Gasteiger charge is 2.33. The van der Waals surface area contributed by atoms with Gasteiger partial charge in [0.15, 0.2) is 0 Å². The first-order valence-electron chi connectivity index (χ1n) is 9.18. The van der Waals surface area contributed by atoms with Crippen LogP contribution in [0.5, 0.6) is 0 Å². The molecule has 0 aliphatic carbocycles. The highest BCUT2D eigenvalue weighted by atomic mass is 16.5. The Bertz CT molecular complexity index is 1120. The summed E-state index contributed by atoms with van der Waals surface area (Å²) in [5.41, 5.74) is 2.59. The molecule has 1 aromatic heterocycles. The number of ether oxygens (including phenoxy) is 1. The van der Waals surface area contributed by atoms with Gasteiger partial charge >= 0.3 is 5.97 Å². The van der Waals surface area contributed by atoms with Gasteiger partial charge in [-0.15, -0.1) is 0 Å². The van der Waals surface area contributed by atoms with E-state index in [9.17, 15) is 19.2 Å². The molecular weight excluding hydrogens is 400 g/mol. The van der Waals surface area contributed by atoms with Crippen molar-refractivity contribution in [3.8, 4) is 11.3 Å². The molecular formula is C22H20N4O5. The highest BCUT2D eigenvalue weighted by molar-refractivity contribution is 6.07. The Kier molecular flexibility index (Phi) is 5.96. The third-order valence-corrected chi connectivity index (χ3v) is 4.61. The summed E-state index contributed by atoms with van der Waals surface area (Å²) in [6, 6.07) is 8.64. The van der Waals surface area contributed by atoms with E-state index in [-0.39, 0.29) is 23.8 Å². The van der Waals surface area contributed by atoms with Crippen LogP contribution in [-0.2, 0) is 25.7 Å². The van der Waals surface area contributed by atoms with Crippen LogP contribution in [0.3, 0.4) is 0 Å². The van der Waals surface area contributed by atoms with Crippen LogP contribution < -0.4 is 10.6 Å². The monoisotopic (exact) mass is 420 g/mol. The second-order valence-electron chi connectivity index (χ2n) is 6.71. The highest BCUT2D eigenvalue weighted by Crippen LogP contribution is 2.33. The molecule has 9 heteroatoms. The molecule has 0 spiro atoms. The van der Waals surface area contributed by atoms with Crippen LogP contribution in [0.1, 0.15) is 22.8 Å². The van der Waals surface area contributed by atoms with Crippen molar-refractivity contribution in [3.63, 3.8) is 0 Å². The van der Waals surface area contributed by atoms with Crippen molar-refractivity contribution in [2.45, 2.75) is 13.5 Å². The van der Waals surface area contributed by atoms with E-state index in [1.807, 2.05) is 6.07 Å². The number of rotatable bonds is 6. The SMILES string of the molecule is C=C(NC(=O)C(=C)N1Cc2c(cccc2-c2ccc(NC(C)=O)cn2)C1=O)C(=O)OC. The summed E-state index contributed by atoms with van der Waals surface area (Å²) in [5.74, 6) is -2.14. The molecule has 1 aliphatic heterocycles. The van der Waals surface area contributed by atoms with Crippen molar-refractivity contribution in [2.24, 2.45) is 0 Å². The first kappa shape index (κ1) is 21.4. The van der Waals surface area contributed by atoms with Gasteiger partial charge < -0.3 is 15.4 Å². The summed E-state index contributed by atoms with van der Waals surface area (Å²) in [6.07, 6.45) is 1.52. The molecule has 0 saturated carbocycles. The number of hydrogen-bond acceptors (Lipinski definition) is 6. The summed E-state index contributed by atoms with van der Waals surface area (Å²) >= 11 is 0. The second-order valence-corrected chi connectivity index (χ2v) is 6.71. The van der Waals surface area contributed by atoms with Crippen molar-refractivity contribution >= 4 is 29.4 Å². The predicted octanol–water partition coefficient (Wildman–Crippen LogP) is 1.98. The van der Waals surface area contributed by atoms with E-state index in [1.54, 1.807) is 24.3 Å². The molecule has 3 amide bonds. The average molecular weight is 420 g/mol. The number of methoxy groups -OCH3 is 1. The van der Waals surface area contributed by atoms with Crippen molar-refractivity contribution < 1.29 is 23.9 Å². The van der Waals surface area contributed by atoms with Gasteiger partial charge in [0.05, 0.1) is 31.2 Å². The van der Waals surface area contributed by atoms with Gasteiger partial charge in [-0.1, -0.05) is 25.3 Å². The van der Waals surface area contributed by atoms with Gasteiger partial charge in [0.25, 0.3) is 11.8 Å². The fraction of sp³-hybridized carbons (Fsp3) is 0.136. The lowest BCUT2D eigenvalue weighted by atomic mass is 10.0. The lowest BCUT2D eigenvalue weighted by Crippen LogP contribution is -2.36. The van der Waals surface area contributed by atoms with Crippen molar-refractivity contribution in [2.75, 3.05) is 12.4 Å². The van der Waals surface area contributed by atoms with Crippen molar-refractivity contribution in [1.82, 2.24) is 15.2 Å². The van der Waals surface area contributed by atoms with E-state index in [1.165, 1.54) is 18.0 Å². The molecule has 0 saturated heterocycles. The van der Waals surface area contributed by atoms with Gasteiger partial charge in [0.2, 0.25) is 5.91 Å². The number of esters is 1. The Hall–Kier alpha value is -4.27. The molecule has 0 fully saturated rings. The van der Waals surface area contributed by atoms with Gasteiger partial charge in [-0.3, -0.25) is 24.3 Å². The van der Waals surface area contributed by atoms with E-state index in [0.29, 0.717) is 22.5 Å². The van der Waals surface area contributed by atoms with Crippen LogP contribution in [0.2, 0.25) is 0 Å². The first-order valence-corrected chi connectivity index (χ1v) is 9.18. The van der Waals surface area contributed by atoms with E-state index in [4.69, 9.17) is 0 Å². The van der Waals surface area contributed by atoms with Crippen molar-refractivity contribution in [3.05, 3.63) is 72.2 Å². The standard InChI is InChI=1S/C22H20N4O5/c1-12(22(30)31-4)24-20(28)13(2)26-11-18-16(6-5-7-17(18)21(26)29)19-9-8-15(10-23-19)25-14(3)27/h5-10H,1-2,11H2,3-4H3,(H,24,28)(H,25,27). The zero-order valence-corrected chi connectivity index (χ0v) is 17.0. The van der Waals surface area contributed by atoms with Crippen LogP contribution >= 0.6 is 0 Å². The van der Waals surface area contributed by atoms with E-state index in [2.05, 4.69) is 33.5 Å². The number of nitrogens with one attached hydrogen (secondary N) is 2. The van der Waals surface area contributed by atoms with E-state index in [0.717, 1.165) is 12.7 Å². The lowest BCUT2D eigenvalue weighted by molar-refractivity contribution is -0.137. The van der Waals surface area contributed by atoms with Crippen LogP contribution in [-0.4, -0.2) is 40.7 Å². The molecule has 2 aromatic rings. The Labute approximate surface area is 178 Å². The number of carbonyl (C=O) groups excluding carboxylic acids is 4. The molecule has 2 heterocycles. The summed E-state index contributed by atoms with van der Waals surface area (Å²) < 4.78 is 4.49. The van der Waals surface area contributed by atoms with Gasteiger partial charge in [0.1, 0.15) is 11.4 Å². The van der Waals surface area contributed by atoms with Crippen molar-refractivity contribution in [1.29, 1.82) is 0 Å². The number of carbonyl (C=O) groups is 4. The number of pyridine rings is 1. The smallest absolute Gasteiger partial charge is 0.353 e. The molecule has 1 aliphatic rings. The summed E-state index contributed by atoms with van der Waals surface area (Å²) in [6.45, 7) is 8.63. The summed E-state index contributed by atoms with van der Waals surface area (Å²) in [4.78, 5) is 53.5. The normalized spacial score (nSPS) is 12.1. The van der Waals surface area contributed by atoms with Crippen LogP contribution in [0, 0.1) is 0 Å². The molecule has 9 nitrogen and oxygen atoms in total. The number of benzene rings is 1. The zero-order chi connectivity index (χ0) is 22.7. The minimum absolute atomic E-state index is 0.108. The van der Waals surface area contributed by atoms with Crippen LogP contribution in [0.15, 0.2) is 61.1 Å².